The van der Waals surface area contributed by atoms with E-state index in [1.807, 2.05) is 36.1 Å². The van der Waals surface area contributed by atoms with Crippen LogP contribution in [-0.2, 0) is 0 Å². The molecule has 2 bridgehead atoms. The third-order valence-corrected chi connectivity index (χ3v) is 4.22. The number of nitrogens with zero attached hydrogens (tertiary/aromatic N) is 1. The summed E-state index contributed by atoms with van der Waals surface area (Å²) in [4.78, 5) is 14.5. The second-order valence-electron chi connectivity index (χ2n) is 5.64. The number of carbonyl (C=O) groups excluding carboxylic acids is 1. The molecule has 5 heteroatoms. The van der Waals surface area contributed by atoms with E-state index in [2.05, 4.69) is 5.32 Å². The second-order valence-corrected chi connectivity index (χ2v) is 5.64. The topological polar surface area (TPSA) is 41.6 Å². The Balaban J connectivity index is 0.00000161. The van der Waals surface area contributed by atoms with Gasteiger partial charge in [-0.2, -0.15) is 0 Å². The maximum atomic E-state index is 12.6. The highest BCUT2D eigenvalue weighted by molar-refractivity contribution is 5.94. The summed E-state index contributed by atoms with van der Waals surface area (Å²) in [6, 6.07) is 8.57. The minimum atomic E-state index is 0. The predicted molar refractivity (Wildman–Crippen MR) is 85.3 cm³/mol. The molecule has 21 heavy (non-hydrogen) atoms. The Morgan fingerprint density at radius 3 is 2.67 bits per heavy atom. The summed E-state index contributed by atoms with van der Waals surface area (Å²) >= 11 is 0. The summed E-state index contributed by atoms with van der Waals surface area (Å²) in [5.41, 5.74) is 0.756. The van der Waals surface area contributed by atoms with Gasteiger partial charge < -0.3 is 15.0 Å². The maximum Gasteiger partial charge on any atom is 0.253 e. The number of hydrogen-bond acceptors (Lipinski definition) is 3. The fourth-order valence-electron chi connectivity index (χ4n) is 3.17. The SMILES string of the molecule is CCOc1ccc(C(=O)N2CCC3CCC(C2)N3)cc1.Cl. The lowest BCUT2D eigenvalue weighted by atomic mass is 10.1. The normalized spacial score (nSPS) is 24.1. The number of ether oxygens (including phenoxy) is 1. The Bertz CT molecular complexity index is 478. The number of carbonyl (C=O) groups is 1. The molecule has 0 radical (unpaired) electrons. The van der Waals surface area contributed by atoms with Crippen LogP contribution in [0.5, 0.6) is 5.75 Å². The van der Waals surface area contributed by atoms with Gasteiger partial charge >= 0.3 is 0 Å². The number of halogens is 1. The van der Waals surface area contributed by atoms with Crippen molar-refractivity contribution in [3.8, 4) is 5.75 Å². The van der Waals surface area contributed by atoms with E-state index in [1.54, 1.807) is 0 Å². The van der Waals surface area contributed by atoms with E-state index in [9.17, 15) is 4.79 Å². The number of fused-ring (bicyclic) bond motifs is 2. The highest BCUT2D eigenvalue weighted by atomic mass is 35.5. The highest BCUT2D eigenvalue weighted by Gasteiger charge is 2.31. The molecule has 0 saturated carbocycles. The van der Waals surface area contributed by atoms with E-state index >= 15 is 0 Å². The lowest BCUT2D eigenvalue weighted by Crippen LogP contribution is -2.39. The average Bonchev–Trinajstić information content (AvgIpc) is 2.79. The molecule has 1 N–H and O–H groups in total. The van der Waals surface area contributed by atoms with Crippen molar-refractivity contribution in [3.05, 3.63) is 29.8 Å². The van der Waals surface area contributed by atoms with Gasteiger partial charge in [0.15, 0.2) is 0 Å². The van der Waals surface area contributed by atoms with Gasteiger partial charge in [0, 0.05) is 30.7 Å². The molecule has 2 aliphatic heterocycles. The van der Waals surface area contributed by atoms with E-state index in [4.69, 9.17) is 4.74 Å². The van der Waals surface area contributed by atoms with Crippen LogP contribution in [0, 0.1) is 0 Å². The monoisotopic (exact) mass is 310 g/mol. The molecule has 0 spiro atoms. The zero-order chi connectivity index (χ0) is 13.9. The minimum Gasteiger partial charge on any atom is -0.494 e. The van der Waals surface area contributed by atoms with Crippen molar-refractivity contribution < 1.29 is 9.53 Å². The van der Waals surface area contributed by atoms with Gasteiger partial charge in [0.05, 0.1) is 6.61 Å². The van der Waals surface area contributed by atoms with Crippen LogP contribution in [-0.4, -0.2) is 42.6 Å². The van der Waals surface area contributed by atoms with Gasteiger partial charge in [0.2, 0.25) is 0 Å². The number of amides is 1. The molecule has 2 unspecified atom stereocenters. The predicted octanol–water partition coefficient (Wildman–Crippen LogP) is 2.47. The quantitative estimate of drug-likeness (QED) is 0.932. The Hall–Kier alpha value is -1.26. The molecule has 2 aliphatic rings. The molecule has 0 aliphatic carbocycles. The van der Waals surface area contributed by atoms with E-state index in [1.165, 1.54) is 12.8 Å². The lowest BCUT2D eigenvalue weighted by Gasteiger charge is -2.24. The Morgan fingerprint density at radius 2 is 1.95 bits per heavy atom. The first-order chi connectivity index (χ1) is 9.76. The molecular weight excluding hydrogens is 288 g/mol. The molecule has 2 saturated heterocycles. The number of hydrogen-bond donors (Lipinski definition) is 1. The molecule has 116 valence electrons. The van der Waals surface area contributed by atoms with Crippen LogP contribution >= 0.6 is 12.4 Å². The molecule has 4 nitrogen and oxygen atoms in total. The maximum absolute atomic E-state index is 12.6. The van der Waals surface area contributed by atoms with E-state index in [-0.39, 0.29) is 18.3 Å². The molecule has 0 aromatic heterocycles. The van der Waals surface area contributed by atoms with Crippen LogP contribution in [0.3, 0.4) is 0 Å². The third kappa shape index (κ3) is 3.69. The lowest BCUT2D eigenvalue weighted by molar-refractivity contribution is 0.0748. The Labute approximate surface area is 132 Å². The standard InChI is InChI=1S/C16H22N2O2.ClH/c1-2-20-15-7-3-12(4-8-15)16(19)18-10-9-13-5-6-14(11-18)17-13;/h3-4,7-8,13-14,17H,2,5-6,9-11H2,1H3;1H. The van der Waals surface area contributed by atoms with Crippen molar-refractivity contribution in [3.63, 3.8) is 0 Å². The summed E-state index contributed by atoms with van der Waals surface area (Å²) in [7, 11) is 0. The summed E-state index contributed by atoms with van der Waals surface area (Å²) in [5, 5.41) is 3.60. The van der Waals surface area contributed by atoms with Crippen molar-refractivity contribution in [1.82, 2.24) is 10.2 Å². The number of nitrogens with one attached hydrogen (secondary N) is 1. The van der Waals surface area contributed by atoms with Crippen molar-refractivity contribution in [1.29, 1.82) is 0 Å². The number of benzene rings is 1. The zero-order valence-corrected chi connectivity index (χ0v) is 13.2. The van der Waals surface area contributed by atoms with Gasteiger partial charge in [-0.15, -0.1) is 12.4 Å². The average molecular weight is 311 g/mol. The van der Waals surface area contributed by atoms with Gasteiger partial charge in [0.1, 0.15) is 5.75 Å². The Morgan fingerprint density at radius 1 is 1.24 bits per heavy atom. The van der Waals surface area contributed by atoms with Crippen molar-refractivity contribution in [2.75, 3.05) is 19.7 Å². The smallest absolute Gasteiger partial charge is 0.253 e. The largest absolute Gasteiger partial charge is 0.494 e. The molecule has 1 amide bonds. The van der Waals surface area contributed by atoms with Gasteiger partial charge in [-0.25, -0.2) is 0 Å². The van der Waals surface area contributed by atoms with Crippen LogP contribution in [0.1, 0.15) is 36.5 Å². The first kappa shape index (κ1) is 16.1. The van der Waals surface area contributed by atoms with Gasteiger partial charge in [-0.3, -0.25) is 4.79 Å². The van der Waals surface area contributed by atoms with E-state index in [0.29, 0.717) is 18.7 Å². The fraction of sp³-hybridized carbons (Fsp3) is 0.562. The van der Waals surface area contributed by atoms with Crippen LogP contribution in [0.15, 0.2) is 24.3 Å². The molecule has 3 rings (SSSR count). The van der Waals surface area contributed by atoms with Gasteiger partial charge in [-0.05, 0) is 50.5 Å². The van der Waals surface area contributed by atoms with Crippen LogP contribution in [0.4, 0.5) is 0 Å². The fourth-order valence-corrected chi connectivity index (χ4v) is 3.17. The molecule has 2 heterocycles. The van der Waals surface area contributed by atoms with Gasteiger partial charge in [-0.1, -0.05) is 0 Å². The summed E-state index contributed by atoms with van der Waals surface area (Å²) in [5.74, 6) is 0.961. The zero-order valence-electron chi connectivity index (χ0n) is 12.4. The molecule has 1 aromatic rings. The molecular formula is C16H23ClN2O2. The van der Waals surface area contributed by atoms with Crippen LogP contribution < -0.4 is 10.1 Å². The number of likely N-dealkylation sites (tertiary alicyclic amines) is 1. The molecule has 2 atom stereocenters. The third-order valence-electron chi connectivity index (χ3n) is 4.22. The summed E-state index contributed by atoms with van der Waals surface area (Å²) < 4.78 is 5.41. The first-order valence-electron chi connectivity index (χ1n) is 7.54. The minimum absolute atomic E-state index is 0. The summed E-state index contributed by atoms with van der Waals surface area (Å²) in [6.07, 6.45) is 3.52. The number of rotatable bonds is 3. The molecule has 2 fully saturated rings. The van der Waals surface area contributed by atoms with Crippen molar-refractivity contribution in [2.45, 2.75) is 38.3 Å². The van der Waals surface area contributed by atoms with Gasteiger partial charge in [0.25, 0.3) is 5.91 Å². The second kappa shape index (κ2) is 7.14. The van der Waals surface area contributed by atoms with Crippen molar-refractivity contribution >= 4 is 18.3 Å². The summed E-state index contributed by atoms with van der Waals surface area (Å²) in [6.45, 7) is 4.30. The van der Waals surface area contributed by atoms with Crippen LogP contribution in [0.2, 0.25) is 0 Å². The van der Waals surface area contributed by atoms with E-state index in [0.717, 1.165) is 30.8 Å². The van der Waals surface area contributed by atoms with Crippen molar-refractivity contribution in [2.24, 2.45) is 0 Å². The Kier molecular flexibility index (Phi) is 5.48. The van der Waals surface area contributed by atoms with E-state index < -0.39 is 0 Å². The highest BCUT2D eigenvalue weighted by Crippen LogP contribution is 2.22. The first-order valence-corrected chi connectivity index (χ1v) is 7.54. The molecule has 1 aromatic carbocycles. The van der Waals surface area contributed by atoms with Crippen LogP contribution in [0.25, 0.3) is 0 Å².